The second-order valence-electron chi connectivity index (χ2n) is 3.94. The van der Waals surface area contributed by atoms with Crippen LogP contribution in [-0.4, -0.2) is 0 Å². The number of nitrogens with two attached hydrogens (primary N) is 1. The van der Waals surface area contributed by atoms with Crippen molar-refractivity contribution in [1.29, 1.82) is 0 Å². The number of benzene rings is 1. The third-order valence-electron chi connectivity index (χ3n) is 2.77. The molecular weight excluding hydrogens is 394 g/mol. The average molecular weight is 403 g/mol. The fraction of sp³-hybridized carbons (Fsp3) is 0.0769. The molecule has 0 aliphatic carbocycles. The molecule has 3 aromatic rings. The maximum absolute atomic E-state index is 6.36. The summed E-state index contributed by atoms with van der Waals surface area (Å²) < 4.78 is 3.48. The van der Waals surface area contributed by atoms with Gasteiger partial charge in [-0.1, -0.05) is 18.2 Å². The van der Waals surface area contributed by atoms with E-state index >= 15 is 0 Å². The Morgan fingerprint density at radius 2 is 1.83 bits per heavy atom. The summed E-state index contributed by atoms with van der Waals surface area (Å²) in [5.74, 6) is 0. The minimum absolute atomic E-state index is 0.0701. The minimum Gasteiger partial charge on any atom is -0.320 e. The maximum atomic E-state index is 6.36. The summed E-state index contributed by atoms with van der Waals surface area (Å²) in [5.41, 5.74) is 7.50. The first-order chi connectivity index (χ1) is 8.65. The molecule has 1 unspecified atom stereocenters. The molecule has 0 fully saturated rings. The first-order valence-electron chi connectivity index (χ1n) is 5.34. The molecule has 2 aromatic heterocycles. The number of hydrogen-bond donors (Lipinski definition) is 1. The van der Waals surface area contributed by atoms with Gasteiger partial charge in [0.25, 0.3) is 0 Å². The van der Waals surface area contributed by atoms with E-state index in [0.717, 1.165) is 13.1 Å². The Morgan fingerprint density at radius 3 is 2.50 bits per heavy atom. The maximum Gasteiger partial charge on any atom is 0.0761 e. The lowest BCUT2D eigenvalue weighted by atomic mass is 10.1. The Kier molecular flexibility index (Phi) is 3.60. The zero-order valence-electron chi connectivity index (χ0n) is 9.19. The van der Waals surface area contributed by atoms with Crippen LogP contribution in [0.2, 0.25) is 0 Å². The summed E-state index contributed by atoms with van der Waals surface area (Å²) in [4.78, 5) is 1.20. The predicted molar refractivity (Wildman–Crippen MR) is 87.6 cm³/mol. The van der Waals surface area contributed by atoms with Gasteiger partial charge in [0.2, 0.25) is 0 Å². The lowest BCUT2D eigenvalue weighted by Gasteiger charge is -2.07. The van der Waals surface area contributed by atoms with Gasteiger partial charge in [0.1, 0.15) is 0 Å². The van der Waals surface area contributed by atoms with E-state index in [-0.39, 0.29) is 6.04 Å². The molecular formula is C13H9Br2NS2. The van der Waals surface area contributed by atoms with Gasteiger partial charge < -0.3 is 5.73 Å². The van der Waals surface area contributed by atoms with Gasteiger partial charge in [0.15, 0.2) is 0 Å². The molecule has 0 radical (unpaired) electrons. The van der Waals surface area contributed by atoms with Crippen LogP contribution in [-0.2, 0) is 0 Å². The quantitative estimate of drug-likeness (QED) is 0.598. The van der Waals surface area contributed by atoms with Crippen LogP contribution in [0, 0.1) is 0 Å². The Balaban J connectivity index is 2.06. The molecule has 0 saturated heterocycles. The fourth-order valence-corrected chi connectivity index (χ4v) is 5.89. The Hall–Kier alpha value is -0.200. The van der Waals surface area contributed by atoms with Crippen molar-refractivity contribution in [3.05, 3.63) is 54.4 Å². The molecule has 3 rings (SSSR count). The van der Waals surface area contributed by atoms with Crippen LogP contribution in [0.25, 0.3) is 10.1 Å². The number of fused-ring (bicyclic) bond motifs is 1. The molecule has 0 saturated carbocycles. The molecule has 18 heavy (non-hydrogen) atoms. The summed E-state index contributed by atoms with van der Waals surface area (Å²) in [6, 6.07) is 12.6. The smallest absolute Gasteiger partial charge is 0.0761 e. The third kappa shape index (κ3) is 2.30. The van der Waals surface area contributed by atoms with Crippen molar-refractivity contribution in [2.45, 2.75) is 6.04 Å². The molecule has 1 aromatic carbocycles. The van der Waals surface area contributed by atoms with E-state index in [1.807, 2.05) is 0 Å². The molecule has 1 atom stereocenters. The van der Waals surface area contributed by atoms with Gasteiger partial charge in [0.05, 0.1) is 13.6 Å². The molecule has 2 heterocycles. The minimum atomic E-state index is -0.0701. The van der Waals surface area contributed by atoms with Crippen molar-refractivity contribution in [2.75, 3.05) is 0 Å². The monoisotopic (exact) mass is 401 g/mol. The predicted octanol–water partition coefficient (Wildman–Crippen LogP) is 5.54. The lowest BCUT2D eigenvalue weighted by Crippen LogP contribution is -2.09. The molecule has 0 aliphatic heterocycles. The molecule has 1 nitrogen and oxygen atoms in total. The van der Waals surface area contributed by atoms with E-state index in [1.165, 1.54) is 15.0 Å². The molecule has 0 amide bonds. The van der Waals surface area contributed by atoms with E-state index < -0.39 is 0 Å². The van der Waals surface area contributed by atoms with Crippen LogP contribution in [0.3, 0.4) is 0 Å². The van der Waals surface area contributed by atoms with Gasteiger partial charge in [-0.2, -0.15) is 0 Å². The Morgan fingerprint density at radius 1 is 1.06 bits per heavy atom. The van der Waals surface area contributed by atoms with Crippen molar-refractivity contribution < 1.29 is 0 Å². The number of halogens is 2. The lowest BCUT2D eigenvalue weighted by molar-refractivity contribution is 0.895. The van der Waals surface area contributed by atoms with Crippen LogP contribution in [0.15, 0.2) is 44.0 Å². The van der Waals surface area contributed by atoms with E-state index in [2.05, 4.69) is 68.3 Å². The molecule has 92 valence electrons. The van der Waals surface area contributed by atoms with Gasteiger partial charge in [0, 0.05) is 15.1 Å². The van der Waals surface area contributed by atoms with Crippen LogP contribution in [0.4, 0.5) is 0 Å². The molecule has 0 spiro atoms. The zero-order valence-corrected chi connectivity index (χ0v) is 14.0. The number of rotatable bonds is 2. The standard InChI is InChI=1S/C13H9Br2NS2/c14-11-6-8(13(15)18-11)12(16)10-5-7-3-1-2-4-9(7)17-10/h1-6,12H,16H2. The third-order valence-corrected chi connectivity index (χ3v) is 6.35. The summed E-state index contributed by atoms with van der Waals surface area (Å²) in [6.07, 6.45) is 0. The van der Waals surface area contributed by atoms with Crippen molar-refractivity contribution in [1.82, 2.24) is 0 Å². The highest BCUT2D eigenvalue weighted by molar-refractivity contribution is 9.12. The zero-order chi connectivity index (χ0) is 12.7. The normalized spacial score (nSPS) is 13.1. The van der Waals surface area contributed by atoms with E-state index in [0.29, 0.717) is 0 Å². The fourth-order valence-electron chi connectivity index (χ4n) is 1.87. The number of hydrogen-bond acceptors (Lipinski definition) is 3. The molecule has 5 heteroatoms. The van der Waals surface area contributed by atoms with Crippen molar-refractivity contribution in [3.63, 3.8) is 0 Å². The van der Waals surface area contributed by atoms with Crippen molar-refractivity contribution in [3.8, 4) is 0 Å². The van der Waals surface area contributed by atoms with Gasteiger partial charge in [-0.25, -0.2) is 0 Å². The van der Waals surface area contributed by atoms with E-state index in [1.54, 1.807) is 22.7 Å². The van der Waals surface area contributed by atoms with Crippen LogP contribution >= 0.6 is 54.5 Å². The highest BCUT2D eigenvalue weighted by Crippen LogP contribution is 2.39. The summed E-state index contributed by atoms with van der Waals surface area (Å²) >= 11 is 10.5. The molecule has 2 N–H and O–H groups in total. The van der Waals surface area contributed by atoms with Crippen molar-refractivity contribution in [2.24, 2.45) is 5.73 Å². The average Bonchev–Trinajstić information content (AvgIpc) is 2.91. The second kappa shape index (κ2) is 5.06. The van der Waals surface area contributed by atoms with Crippen molar-refractivity contribution >= 4 is 64.6 Å². The largest absolute Gasteiger partial charge is 0.320 e. The summed E-state index contributed by atoms with van der Waals surface area (Å²) in [5, 5.41) is 1.26. The highest BCUT2D eigenvalue weighted by atomic mass is 79.9. The highest BCUT2D eigenvalue weighted by Gasteiger charge is 2.17. The summed E-state index contributed by atoms with van der Waals surface area (Å²) in [6.45, 7) is 0. The first kappa shape index (κ1) is 12.8. The van der Waals surface area contributed by atoms with Gasteiger partial charge in [-0.3, -0.25) is 0 Å². The van der Waals surface area contributed by atoms with Crippen LogP contribution in [0.1, 0.15) is 16.5 Å². The first-order valence-corrected chi connectivity index (χ1v) is 8.56. The molecule has 0 bridgehead atoms. The van der Waals surface area contributed by atoms with E-state index in [4.69, 9.17) is 5.73 Å². The summed E-state index contributed by atoms with van der Waals surface area (Å²) in [7, 11) is 0. The topological polar surface area (TPSA) is 26.0 Å². The Labute approximate surface area is 130 Å². The van der Waals surface area contributed by atoms with E-state index in [9.17, 15) is 0 Å². The van der Waals surface area contributed by atoms with Gasteiger partial charge in [-0.05, 0) is 55.4 Å². The number of thiophene rings is 2. The van der Waals surface area contributed by atoms with Gasteiger partial charge >= 0.3 is 0 Å². The van der Waals surface area contributed by atoms with Gasteiger partial charge in [-0.15, -0.1) is 22.7 Å². The second-order valence-corrected chi connectivity index (χ2v) is 8.81. The van der Waals surface area contributed by atoms with Crippen LogP contribution < -0.4 is 5.73 Å². The van der Waals surface area contributed by atoms with Crippen LogP contribution in [0.5, 0.6) is 0 Å². The molecule has 0 aliphatic rings. The Bertz CT molecular complexity index is 669. The SMILES string of the molecule is NC(c1cc2ccccc2s1)c1cc(Br)sc1Br.